The molecule has 1 aromatic carbocycles. The van der Waals surface area contributed by atoms with Gasteiger partial charge in [0.1, 0.15) is 11.5 Å². The minimum Gasteiger partial charge on any atom is -0.387 e. The van der Waals surface area contributed by atoms with Crippen LogP contribution in [0.3, 0.4) is 0 Å². The number of nitrogens with zero attached hydrogens (tertiary/aromatic N) is 1. The smallest absolute Gasteiger partial charge is 0.387 e. The monoisotopic (exact) mass is 272 g/mol. The molecule has 0 unspecified atom stereocenters. The molecule has 0 atom stereocenters. The number of pyridine rings is 1. The summed E-state index contributed by atoms with van der Waals surface area (Å²) in [6.07, 6.45) is -4.57. The number of fused-ring (bicyclic) bond motifs is 1. The molecule has 1 N–H and O–H groups in total. The molecule has 1 heterocycles. The van der Waals surface area contributed by atoms with Crippen molar-refractivity contribution in [2.24, 2.45) is 0 Å². The maximum Gasteiger partial charge on any atom is 0.433 e. The van der Waals surface area contributed by atoms with Crippen molar-refractivity contribution in [3.8, 4) is 0 Å². The van der Waals surface area contributed by atoms with Crippen LogP contribution in [0, 0.1) is 19.7 Å². The second-order valence-electron chi connectivity index (χ2n) is 4.30. The Bertz CT molecular complexity index is 647. The van der Waals surface area contributed by atoms with E-state index in [1.54, 1.807) is 6.92 Å². The molecular weight excluding hydrogens is 260 g/mol. The van der Waals surface area contributed by atoms with Gasteiger partial charge >= 0.3 is 6.18 Å². The highest BCUT2D eigenvalue weighted by atomic mass is 19.4. The number of aromatic nitrogens is 1. The molecule has 0 bridgehead atoms. The minimum atomic E-state index is -4.57. The van der Waals surface area contributed by atoms with Crippen molar-refractivity contribution < 1.29 is 17.6 Å². The molecule has 0 saturated carbocycles. The van der Waals surface area contributed by atoms with Gasteiger partial charge in [0.2, 0.25) is 0 Å². The number of hydrogen-bond acceptors (Lipinski definition) is 2. The van der Waals surface area contributed by atoms with Crippen LogP contribution < -0.4 is 5.32 Å². The van der Waals surface area contributed by atoms with E-state index in [9.17, 15) is 17.6 Å². The number of alkyl halides is 3. The molecule has 0 aliphatic carbocycles. The van der Waals surface area contributed by atoms with E-state index in [4.69, 9.17) is 0 Å². The number of nitrogens with one attached hydrogen (secondary N) is 1. The van der Waals surface area contributed by atoms with E-state index in [1.165, 1.54) is 26.1 Å². The fourth-order valence-electron chi connectivity index (χ4n) is 2.14. The van der Waals surface area contributed by atoms with Crippen LogP contribution in [0.4, 0.5) is 23.2 Å². The van der Waals surface area contributed by atoms with Crippen LogP contribution >= 0.6 is 0 Å². The first-order valence-electron chi connectivity index (χ1n) is 5.61. The Hall–Kier alpha value is -1.85. The molecule has 0 fully saturated rings. The highest BCUT2D eigenvalue weighted by Gasteiger charge is 2.36. The molecule has 2 nitrogen and oxygen atoms in total. The summed E-state index contributed by atoms with van der Waals surface area (Å²) < 4.78 is 52.7. The predicted molar refractivity (Wildman–Crippen MR) is 65.7 cm³/mol. The van der Waals surface area contributed by atoms with Gasteiger partial charge in [-0.05, 0) is 25.5 Å². The highest BCUT2D eigenvalue weighted by molar-refractivity contribution is 5.95. The van der Waals surface area contributed by atoms with Crippen molar-refractivity contribution in [1.29, 1.82) is 0 Å². The quantitative estimate of drug-likeness (QED) is 0.792. The predicted octanol–water partition coefficient (Wildman–Crippen LogP) is 4.05. The molecule has 6 heteroatoms. The third-order valence-corrected chi connectivity index (χ3v) is 3.05. The van der Waals surface area contributed by atoms with Gasteiger partial charge in [0.05, 0.1) is 16.6 Å². The van der Waals surface area contributed by atoms with Gasteiger partial charge in [0.25, 0.3) is 0 Å². The maximum absolute atomic E-state index is 13.9. The topological polar surface area (TPSA) is 24.9 Å². The minimum absolute atomic E-state index is 0.0299. The van der Waals surface area contributed by atoms with Gasteiger partial charge in [-0.1, -0.05) is 6.07 Å². The van der Waals surface area contributed by atoms with Gasteiger partial charge < -0.3 is 5.32 Å². The summed E-state index contributed by atoms with van der Waals surface area (Å²) in [5.74, 6) is -0.589. The Morgan fingerprint density at radius 2 is 1.79 bits per heavy atom. The fraction of sp³-hybridized carbons (Fsp3) is 0.308. The molecule has 2 rings (SSSR count). The van der Waals surface area contributed by atoms with E-state index in [0.717, 1.165) is 0 Å². The summed E-state index contributed by atoms with van der Waals surface area (Å²) in [5.41, 5.74) is -0.441. The van der Waals surface area contributed by atoms with Gasteiger partial charge in [-0.2, -0.15) is 13.2 Å². The highest BCUT2D eigenvalue weighted by Crippen LogP contribution is 2.38. The Morgan fingerprint density at radius 1 is 1.16 bits per heavy atom. The number of anilines is 1. The zero-order valence-corrected chi connectivity index (χ0v) is 10.6. The molecule has 1 aromatic heterocycles. The Labute approximate surface area is 107 Å². The third kappa shape index (κ3) is 2.11. The number of hydrogen-bond donors (Lipinski definition) is 1. The standard InChI is InChI=1S/C13H12F4N2/c1-6-4-5-8(14)9-10(6)19-12(13(15,16)17)7(2)11(9)18-3/h4-5H,1-3H3,(H,18,19). The van der Waals surface area contributed by atoms with Crippen molar-refractivity contribution in [2.45, 2.75) is 20.0 Å². The summed E-state index contributed by atoms with van der Waals surface area (Å²) in [7, 11) is 1.46. The summed E-state index contributed by atoms with van der Waals surface area (Å²) >= 11 is 0. The van der Waals surface area contributed by atoms with Gasteiger partial charge in [-0.3, -0.25) is 0 Å². The van der Waals surface area contributed by atoms with E-state index in [2.05, 4.69) is 10.3 Å². The molecule has 2 aromatic rings. The molecular formula is C13H12F4N2. The summed E-state index contributed by atoms with van der Waals surface area (Å²) in [6.45, 7) is 2.88. The van der Waals surface area contributed by atoms with Crippen molar-refractivity contribution in [2.75, 3.05) is 12.4 Å². The summed E-state index contributed by atoms with van der Waals surface area (Å²) in [6, 6.07) is 2.65. The lowest BCUT2D eigenvalue weighted by molar-refractivity contribution is -0.141. The van der Waals surface area contributed by atoms with Crippen LogP contribution in [0.25, 0.3) is 10.9 Å². The van der Waals surface area contributed by atoms with Crippen LogP contribution in [0.1, 0.15) is 16.8 Å². The Balaban J connectivity index is 2.99. The van der Waals surface area contributed by atoms with Crippen molar-refractivity contribution in [3.63, 3.8) is 0 Å². The molecule has 0 radical (unpaired) electrons. The van der Waals surface area contributed by atoms with E-state index >= 15 is 0 Å². The lowest BCUT2D eigenvalue weighted by Gasteiger charge is -2.17. The second kappa shape index (κ2) is 4.36. The molecule has 0 amide bonds. The lowest BCUT2D eigenvalue weighted by Crippen LogP contribution is -2.13. The maximum atomic E-state index is 13.9. The van der Waals surface area contributed by atoms with Crippen LogP contribution in [0.2, 0.25) is 0 Å². The zero-order chi connectivity index (χ0) is 14.4. The molecule has 0 aliphatic heterocycles. The number of rotatable bonds is 1. The van der Waals surface area contributed by atoms with Gasteiger partial charge in [-0.25, -0.2) is 9.37 Å². The molecule has 0 spiro atoms. The summed E-state index contributed by atoms with van der Waals surface area (Å²) in [5, 5.41) is 2.73. The van der Waals surface area contributed by atoms with Crippen LogP contribution in [-0.2, 0) is 6.18 Å². The Morgan fingerprint density at radius 3 is 2.32 bits per heavy atom. The van der Waals surface area contributed by atoms with Crippen LogP contribution in [0.5, 0.6) is 0 Å². The largest absolute Gasteiger partial charge is 0.433 e. The average molecular weight is 272 g/mol. The molecule has 19 heavy (non-hydrogen) atoms. The van der Waals surface area contributed by atoms with E-state index in [0.29, 0.717) is 5.56 Å². The van der Waals surface area contributed by atoms with E-state index in [-0.39, 0.29) is 22.2 Å². The van der Waals surface area contributed by atoms with E-state index < -0.39 is 17.7 Å². The summed E-state index contributed by atoms with van der Waals surface area (Å²) in [4.78, 5) is 3.61. The first kappa shape index (κ1) is 13.6. The number of benzene rings is 1. The number of halogens is 4. The van der Waals surface area contributed by atoms with Gasteiger partial charge in [0.15, 0.2) is 0 Å². The van der Waals surface area contributed by atoms with E-state index in [1.807, 2.05) is 0 Å². The normalized spacial score (nSPS) is 11.9. The van der Waals surface area contributed by atoms with Crippen molar-refractivity contribution in [1.82, 2.24) is 4.98 Å². The van der Waals surface area contributed by atoms with Crippen molar-refractivity contribution in [3.05, 3.63) is 34.8 Å². The third-order valence-electron chi connectivity index (χ3n) is 3.05. The van der Waals surface area contributed by atoms with Gasteiger partial charge in [0, 0.05) is 12.6 Å². The second-order valence-corrected chi connectivity index (χ2v) is 4.30. The molecule has 0 aliphatic rings. The van der Waals surface area contributed by atoms with Gasteiger partial charge in [-0.15, -0.1) is 0 Å². The number of aryl methyl sites for hydroxylation is 1. The average Bonchev–Trinajstić information content (AvgIpc) is 2.32. The lowest BCUT2D eigenvalue weighted by atomic mass is 10.0. The zero-order valence-electron chi connectivity index (χ0n) is 10.6. The first-order chi connectivity index (χ1) is 8.77. The molecule has 0 saturated heterocycles. The SMILES string of the molecule is CNc1c(C)c(C(F)(F)F)nc2c(C)ccc(F)c12. The first-order valence-corrected chi connectivity index (χ1v) is 5.61. The van der Waals surface area contributed by atoms with Crippen LogP contribution in [-0.4, -0.2) is 12.0 Å². The molecule has 102 valence electrons. The van der Waals surface area contributed by atoms with Crippen LogP contribution in [0.15, 0.2) is 12.1 Å². The van der Waals surface area contributed by atoms with Crippen molar-refractivity contribution >= 4 is 16.6 Å². The Kier molecular flexibility index (Phi) is 3.12. The fourth-order valence-corrected chi connectivity index (χ4v) is 2.14.